The number of hydrogen-bond acceptors (Lipinski definition) is 3. The van der Waals surface area contributed by atoms with Crippen LogP contribution in [-0.2, 0) is 13.0 Å². The number of para-hydroxylation sites is 1. The molecule has 0 radical (unpaired) electrons. The minimum Gasteiger partial charge on any atom is -0.369 e. The number of thiophene rings is 1. The summed E-state index contributed by atoms with van der Waals surface area (Å²) in [7, 11) is 0. The Bertz CT molecular complexity index is 733. The quantitative estimate of drug-likeness (QED) is 0.786. The number of nitrogens with two attached hydrogens (primary N) is 1. The van der Waals surface area contributed by atoms with E-state index in [1.165, 1.54) is 4.88 Å². The second-order valence-electron chi connectivity index (χ2n) is 4.19. The molecular weight excluding hydrogens is 301 g/mol. The van der Waals surface area contributed by atoms with Crippen molar-refractivity contribution in [1.82, 2.24) is 9.55 Å². The van der Waals surface area contributed by atoms with Gasteiger partial charge in [-0.15, -0.1) is 11.3 Å². The molecule has 0 atom stereocenters. The van der Waals surface area contributed by atoms with Crippen molar-refractivity contribution in [2.24, 2.45) is 0 Å². The molecule has 0 unspecified atom stereocenters. The van der Waals surface area contributed by atoms with Crippen LogP contribution < -0.4 is 5.73 Å². The van der Waals surface area contributed by atoms with Gasteiger partial charge >= 0.3 is 0 Å². The fourth-order valence-corrected chi connectivity index (χ4v) is 3.44. The molecule has 0 amide bonds. The second-order valence-corrected chi connectivity index (χ2v) is 6.39. The average molecular weight is 312 g/mol. The molecule has 0 fully saturated rings. The largest absolute Gasteiger partial charge is 0.369 e. The number of halogens is 2. The topological polar surface area (TPSA) is 43.8 Å². The molecule has 3 rings (SSSR count). The number of anilines is 1. The van der Waals surface area contributed by atoms with Crippen LogP contribution >= 0.6 is 34.5 Å². The average Bonchev–Trinajstić information content (AvgIpc) is 2.91. The molecule has 0 saturated carbocycles. The van der Waals surface area contributed by atoms with Crippen molar-refractivity contribution in [3.05, 3.63) is 44.6 Å². The van der Waals surface area contributed by atoms with Crippen molar-refractivity contribution >= 4 is 51.5 Å². The zero-order valence-corrected chi connectivity index (χ0v) is 12.3. The lowest BCUT2D eigenvalue weighted by atomic mass is 10.3. The molecule has 0 spiro atoms. The van der Waals surface area contributed by atoms with Crippen molar-refractivity contribution in [3.8, 4) is 0 Å². The minimum absolute atomic E-state index is 0.491. The van der Waals surface area contributed by atoms with Crippen LogP contribution in [0.5, 0.6) is 0 Å². The summed E-state index contributed by atoms with van der Waals surface area (Å²) in [5.74, 6) is 0.491. The van der Waals surface area contributed by atoms with E-state index in [1.807, 2.05) is 34.9 Å². The Morgan fingerprint density at radius 1 is 1.21 bits per heavy atom. The highest BCUT2D eigenvalue weighted by atomic mass is 35.5. The Morgan fingerprint density at radius 3 is 2.79 bits per heavy atom. The van der Waals surface area contributed by atoms with Crippen molar-refractivity contribution in [2.75, 3.05) is 5.73 Å². The summed E-state index contributed by atoms with van der Waals surface area (Å²) in [5, 5.41) is 0.672. The Morgan fingerprint density at radius 2 is 2.05 bits per heavy atom. The van der Waals surface area contributed by atoms with Crippen molar-refractivity contribution < 1.29 is 0 Å². The van der Waals surface area contributed by atoms with E-state index in [-0.39, 0.29) is 0 Å². The van der Waals surface area contributed by atoms with Gasteiger partial charge in [0, 0.05) is 11.4 Å². The highest BCUT2D eigenvalue weighted by Gasteiger charge is 2.11. The van der Waals surface area contributed by atoms with Gasteiger partial charge in [0.05, 0.1) is 20.4 Å². The first-order valence-corrected chi connectivity index (χ1v) is 7.37. The van der Waals surface area contributed by atoms with Gasteiger partial charge in [0.25, 0.3) is 0 Å². The number of fused-ring (bicyclic) bond motifs is 1. The fourth-order valence-electron chi connectivity index (χ4n) is 2.09. The third kappa shape index (κ3) is 2.43. The van der Waals surface area contributed by atoms with Gasteiger partial charge in [-0.05, 0) is 30.7 Å². The number of imidazole rings is 1. The molecule has 3 aromatic rings. The maximum atomic E-state index is 6.23. The summed E-state index contributed by atoms with van der Waals surface area (Å²) in [4.78, 5) is 5.55. The molecule has 0 aliphatic rings. The monoisotopic (exact) mass is 311 g/mol. The minimum atomic E-state index is 0.491. The van der Waals surface area contributed by atoms with Gasteiger partial charge in [0.15, 0.2) is 0 Å². The van der Waals surface area contributed by atoms with Gasteiger partial charge in [-0.1, -0.05) is 29.3 Å². The predicted molar refractivity (Wildman–Crippen MR) is 82.2 cm³/mol. The lowest BCUT2D eigenvalue weighted by Crippen LogP contribution is -2.05. The second kappa shape index (κ2) is 5.04. The Hall–Kier alpha value is -1.23. The van der Waals surface area contributed by atoms with Gasteiger partial charge in [0.1, 0.15) is 0 Å². The van der Waals surface area contributed by atoms with Crippen molar-refractivity contribution in [2.45, 2.75) is 13.0 Å². The molecule has 1 aromatic carbocycles. The van der Waals surface area contributed by atoms with Crippen LogP contribution in [0.1, 0.15) is 4.88 Å². The molecule has 2 heterocycles. The first-order chi connectivity index (χ1) is 9.15. The first-order valence-electron chi connectivity index (χ1n) is 5.79. The van der Waals surface area contributed by atoms with E-state index >= 15 is 0 Å². The molecule has 3 nitrogen and oxygen atoms in total. The van der Waals surface area contributed by atoms with Gasteiger partial charge in [0.2, 0.25) is 5.95 Å². The summed E-state index contributed by atoms with van der Waals surface area (Å²) >= 11 is 13.7. The van der Waals surface area contributed by atoms with Gasteiger partial charge in [-0.25, -0.2) is 4.98 Å². The summed E-state index contributed by atoms with van der Waals surface area (Å²) in [6.07, 6.45) is 0.859. The van der Waals surface area contributed by atoms with Crippen LogP contribution in [0.3, 0.4) is 0 Å². The third-order valence-electron chi connectivity index (χ3n) is 2.96. The van der Waals surface area contributed by atoms with E-state index in [0.717, 1.165) is 28.3 Å². The Kier molecular flexibility index (Phi) is 3.39. The number of aryl methyl sites for hydroxylation is 2. The number of benzene rings is 1. The first kappa shape index (κ1) is 12.8. The predicted octanol–water partition coefficient (Wildman–Crippen LogP) is 4.23. The highest BCUT2D eigenvalue weighted by Crippen LogP contribution is 2.27. The summed E-state index contributed by atoms with van der Waals surface area (Å²) in [6.45, 7) is 0.739. The molecule has 19 heavy (non-hydrogen) atoms. The molecule has 0 bridgehead atoms. The number of aromatic nitrogens is 2. The van der Waals surface area contributed by atoms with Crippen molar-refractivity contribution in [1.29, 1.82) is 0 Å². The lowest BCUT2D eigenvalue weighted by molar-refractivity contribution is 0.733. The summed E-state index contributed by atoms with van der Waals surface area (Å²) in [6, 6.07) is 9.58. The van der Waals surface area contributed by atoms with Gasteiger partial charge in [-0.2, -0.15) is 0 Å². The molecule has 0 aliphatic carbocycles. The van der Waals surface area contributed by atoms with Crippen LogP contribution in [0, 0.1) is 0 Å². The maximum Gasteiger partial charge on any atom is 0.201 e. The van der Waals surface area contributed by atoms with Crippen LogP contribution in [-0.4, -0.2) is 9.55 Å². The van der Waals surface area contributed by atoms with E-state index in [4.69, 9.17) is 28.9 Å². The highest BCUT2D eigenvalue weighted by molar-refractivity contribution is 7.16. The molecule has 98 valence electrons. The summed E-state index contributed by atoms with van der Waals surface area (Å²) in [5.41, 5.74) is 7.68. The SMILES string of the molecule is Nc1nc2cccc(Cl)c2n1CCc1ccc(Cl)s1. The number of nitrogens with zero attached hydrogens (tertiary/aromatic N) is 2. The zero-order chi connectivity index (χ0) is 13.4. The van der Waals surface area contributed by atoms with Crippen molar-refractivity contribution in [3.63, 3.8) is 0 Å². The van der Waals surface area contributed by atoms with Crippen LogP contribution in [0.15, 0.2) is 30.3 Å². The van der Waals surface area contributed by atoms with E-state index < -0.39 is 0 Å². The molecule has 6 heteroatoms. The molecule has 0 aliphatic heterocycles. The van der Waals surface area contributed by atoms with Crippen LogP contribution in [0.2, 0.25) is 9.36 Å². The van der Waals surface area contributed by atoms with E-state index in [0.29, 0.717) is 11.0 Å². The third-order valence-corrected chi connectivity index (χ3v) is 4.55. The Balaban J connectivity index is 1.94. The number of rotatable bonds is 3. The molecular formula is C13H11Cl2N3S. The van der Waals surface area contributed by atoms with E-state index in [2.05, 4.69) is 4.98 Å². The lowest BCUT2D eigenvalue weighted by Gasteiger charge is -2.06. The number of hydrogen-bond donors (Lipinski definition) is 1. The molecule has 2 N–H and O–H groups in total. The number of nitrogen functional groups attached to an aromatic ring is 1. The standard InChI is InChI=1S/C13H11Cl2N3S/c14-9-2-1-3-10-12(9)18(13(16)17-10)7-6-8-4-5-11(15)19-8/h1-5H,6-7H2,(H2,16,17). The van der Waals surface area contributed by atoms with Gasteiger partial charge < -0.3 is 10.3 Å². The fraction of sp³-hybridized carbons (Fsp3) is 0.154. The normalized spacial score (nSPS) is 11.3. The summed E-state index contributed by atoms with van der Waals surface area (Å²) < 4.78 is 2.75. The Labute approximate surface area is 124 Å². The van der Waals surface area contributed by atoms with E-state index in [9.17, 15) is 0 Å². The van der Waals surface area contributed by atoms with Crippen LogP contribution in [0.25, 0.3) is 11.0 Å². The smallest absolute Gasteiger partial charge is 0.201 e. The maximum absolute atomic E-state index is 6.23. The zero-order valence-electron chi connectivity index (χ0n) is 9.94. The molecule has 0 saturated heterocycles. The van der Waals surface area contributed by atoms with E-state index in [1.54, 1.807) is 11.3 Å². The van der Waals surface area contributed by atoms with Gasteiger partial charge in [-0.3, -0.25) is 0 Å². The molecule has 2 aromatic heterocycles. The van der Waals surface area contributed by atoms with Crippen LogP contribution in [0.4, 0.5) is 5.95 Å².